The van der Waals surface area contributed by atoms with Gasteiger partial charge in [0.1, 0.15) is 0 Å². The molecule has 5 heteroatoms. The van der Waals surface area contributed by atoms with Gasteiger partial charge in [-0.1, -0.05) is 29.2 Å². The summed E-state index contributed by atoms with van der Waals surface area (Å²) >= 11 is 6.50. The standard InChI is InChI=1S/C10H9BrN2S2/c1-6-3-4-8(5-7(6)2)14-10-13-12-9(11)15-10/h3-5H,1-2H3. The minimum Gasteiger partial charge on any atom is -0.130 e. The zero-order valence-corrected chi connectivity index (χ0v) is 11.5. The Labute approximate surface area is 105 Å². The van der Waals surface area contributed by atoms with Gasteiger partial charge >= 0.3 is 0 Å². The second kappa shape index (κ2) is 4.63. The van der Waals surface area contributed by atoms with Gasteiger partial charge in [0.15, 0.2) is 8.26 Å². The SMILES string of the molecule is Cc1ccc(Sc2nnc(Br)s2)cc1C. The van der Waals surface area contributed by atoms with Gasteiger partial charge in [-0.3, -0.25) is 0 Å². The maximum atomic E-state index is 4.05. The fourth-order valence-electron chi connectivity index (χ4n) is 1.11. The van der Waals surface area contributed by atoms with E-state index in [1.807, 2.05) is 0 Å². The molecule has 0 atom stereocenters. The third-order valence-electron chi connectivity index (χ3n) is 2.07. The molecule has 0 saturated carbocycles. The molecule has 1 aromatic heterocycles. The molecule has 78 valence electrons. The molecule has 0 fully saturated rings. The summed E-state index contributed by atoms with van der Waals surface area (Å²) in [6.45, 7) is 4.24. The number of hydrogen-bond acceptors (Lipinski definition) is 4. The monoisotopic (exact) mass is 300 g/mol. The third-order valence-corrected chi connectivity index (χ3v) is 4.46. The van der Waals surface area contributed by atoms with Crippen LogP contribution in [-0.4, -0.2) is 10.2 Å². The zero-order chi connectivity index (χ0) is 10.8. The number of benzene rings is 1. The molecule has 0 aliphatic heterocycles. The Kier molecular flexibility index (Phi) is 3.43. The first-order chi connectivity index (χ1) is 7.15. The molecule has 15 heavy (non-hydrogen) atoms. The van der Waals surface area contributed by atoms with E-state index in [2.05, 4.69) is 58.2 Å². The van der Waals surface area contributed by atoms with Crippen LogP contribution in [0.5, 0.6) is 0 Å². The van der Waals surface area contributed by atoms with Gasteiger partial charge in [-0.25, -0.2) is 0 Å². The summed E-state index contributed by atoms with van der Waals surface area (Å²) < 4.78 is 1.79. The van der Waals surface area contributed by atoms with Crippen LogP contribution in [0.3, 0.4) is 0 Å². The Balaban J connectivity index is 2.21. The Bertz CT molecular complexity index is 482. The Morgan fingerprint density at radius 3 is 2.60 bits per heavy atom. The molecule has 0 aliphatic rings. The van der Waals surface area contributed by atoms with Crippen LogP contribution in [-0.2, 0) is 0 Å². The molecule has 0 unspecified atom stereocenters. The minimum absolute atomic E-state index is 0.828. The highest BCUT2D eigenvalue weighted by atomic mass is 79.9. The molecule has 0 aliphatic carbocycles. The summed E-state index contributed by atoms with van der Waals surface area (Å²) in [6.07, 6.45) is 0. The minimum atomic E-state index is 0.828. The van der Waals surface area contributed by atoms with Crippen LogP contribution < -0.4 is 0 Å². The Morgan fingerprint density at radius 2 is 2.00 bits per heavy atom. The van der Waals surface area contributed by atoms with E-state index >= 15 is 0 Å². The van der Waals surface area contributed by atoms with Crippen molar-refractivity contribution in [3.8, 4) is 0 Å². The molecule has 0 bridgehead atoms. The van der Waals surface area contributed by atoms with Crippen LogP contribution in [0.15, 0.2) is 31.4 Å². The number of halogens is 1. The van der Waals surface area contributed by atoms with Gasteiger partial charge < -0.3 is 0 Å². The van der Waals surface area contributed by atoms with Crippen molar-refractivity contribution in [2.45, 2.75) is 23.1 Å². The predicted molar refractivity (Wildman–Crippen MR) is 67.6 cm³/mol. The topological polar surface area (TPSA) is 25.8 Å². The summed E-state index contributed by atoms with van der Waals surface area (Å²) in [7, 11) is 0. The largest absolute Gasteiger partial charge is 0.184 e. The van der Waals surface area contributed by atoms with Crippen LogP contribution in [0.4, 0.5) is 0 Å². The van der Waals surface area contributed by atoms with Crippen LogP contribution in [0.1, 0.15) is 11.1 Å². The third kappa shape index (κ3) is 2.80. The van der Waals surface area contributed by atoms with Gasteiger partial charge in [0.05, 0.1) is 0 Å². The highest BCUT2D eigenvalue weighted by Gasteiger charge is 2.04. The normalized spacial score (nSPS) is 10.6. The molecule has 0 amide bonds. The summed E-state index contributed by atoms with van der Waals surface area (Å²) in [5.74, 6) is 0. The van der Waals surface area contributed by atoms with E-state index in [0.29, 0.717) is 0 Å². The number of aryl methyl sites for hydroxylation is 2. The average molecular weight is 301 g/mol. The van der Waals surface area contributed by atoms with Crippen molar-refractivity contribution < 1.29 is 0 Å². The lowest BCUT2D eigenvalue weighted by molar-refractivity contribution is 0.997. The molecule has 2 nitrogen and oxygen atoms in total. The lowest BCUT2D eigenvalue weighted by atomic mass is 10.1. The lowest BCUT2D eigenvalue weighted by Crippen LogP contribution is -1.81. The second-order valence-electron chi connectivity index (χ2n) is 3.17. The molecular weight excluding hydrogens is 292 g/mol. The van der Waals surface area contributed by atoms with Gasteiger partial charge in [0.2, 0.25) is 0 Å². The molecule has 0 spiro atoms. The molecule has 0 N–H and O–H groups in total. The molecule has 1 heterocycles. The first-order valence-corrected chi connectivity index (χ1v) is 6.82. The van der Waals surface area contributed by atoms with Gasteiger partial charge in [0, 0.05) is 4.90 Å². The molecule has 0 radical (unpaired) electrons. The summed E-state index contributed by atoms with van der Waals surface area (Å²) in [6, 6.07) is 6.42. The van der Waals surface area contributed by atoms with Crippen LogP contribution in [0.2, 0.25) is 0 Å². The fraction of sp³-hybridized carbons (Fsp3) is 0.200. The van der Waals surface area contributed by atoms with Gasteiger partial charge in [-0.05, 0) is 53.0 Å². The molecule has 0 saturated heterocycles. The van der Waals surface area contributed by atoms with Gasteiger partial charge in [0.25, 0.3) is 0 Å². The van der Waals surface area contributed by atoms with E-state index in [9.17, 15) is 0 Å². The summed E-state index contributed by atoms with van der Waals surface area (Å²) in [5.41, 5.74) is 2.63. The summed E-state index contributed by atoms with van der Waals surface area (Å²) in [4.78, 5) is 1.21. The van der Waals surface area contributed by atoms with E-state index in [-0.39, 0.29) is 0 Å². The van der Waals surface area contributed by atoms with Crippen molar-refractivity contribution in [2.24, 2.45) is 0 Å². The van der Waals surface area contributed by atoms with Crippen molar-refractivity contribution in [1.82, 2.24) is 10.2 Å². The number of nitrogens with zero attached hydrogens (tertiary/aromatic N) is 2. The highest BCUT2D eigenvalue weighted by Crippen LogP contribution is 2.32. The van der Waals surface area contributed by atoms with E-state index in [0.717, 1.165) is 8.26 Å². The molecule has 2 aromatic rings. The second-order valence-corrected chi connectivity index (χ2v) is 6.74. The number of rotatable bonds is 2. The van der Waals surface area contributed by atoms with Crippen molar-refractivity contribution >= 4 is 39.0 Å². The van der Waals surface area contributed by atoms with E-state index in [1.54, 1.807) is 23.1 Å². The van der Waals surface area contributed by atoms with E-state index in [1.165, 1.54) is 16.0 Å². The van der Waals surface area contributed by atoms with Crippen molar-refractivity contribution in [2.75, 3.05) is 0 Å². The predicted octanol–water partition coefficient (Wildman–Crippen LogP) is 4.07. The molecule has 2 rings (SSSR count). The zero-order valence-electron chi connectivity index (χ0n) is 8.32. The Morgan fingerprint density at radius 1 is 1.20 bits per heavy atom. The first kappa shape index (κ1) is 11.1. The maximum absolute atomic E-state index is 4.05. The Hall–Kier alpha value is -0.390. The first-order valence-electron chi connectivity index (χ1n) is 4.39. The highest BCUT2D eigenvalue weighted by molar-refractivity contribution is 9.11. The van der Waals surface area contributed by atoms with Crippen LogP contribution >= 0.6 is 39.0 Å². The van der Waals surface area contributed by atoms with Crippen molar-refractivity contribution in [3.05, 3.63) is 33.2 Å². The fourth-order valence-corrected chi connectivity index (χ4v) is 3.63. The van der Waals surface area contributed by atoms with E-state index < -0.39 is 0 Å². The summed E-state index contributed by atoms with van der Waals surface area (Å²) in [5, 5.41) is 7.96. The van der Waals surface area contributed by atoms with Gasteiger partial charge in [-0.2, -0.15) is 0 Å². The van der Waals surface area contributed by atoms with Crippen LogP contribution in [0, 0.1) is 13.8 Å². The van der Waals surface area contributed by atoms with Crippen molar-refractivity contribution in [1.29, 1.82) is 0 Å². The van der Waals surface area contributed by atoms with Crippen molar-refractivity contribution in [3.63, 3.8) is 0 Å². The molecular formula is C10H9BrN2S2. The lowest BCUT2D eigenvalue weighted by Gasteiger charge is -2.02. The van der Waals surface area contributed by atoms with E-state index in [4.69, 9.17) is 0 Å². The maximum Gasteiger partial charge on any atom is 0.184 e. The quantitative estimate of drug-likeness (QED) is 0.836. The number of hydrogen-bond donors (Lipinski definition) is 0. The van der Waals surface area contributed by atoms with Gasteiger partial charge in [-0.15, -0.1) is 10.2 Å². The average Bonchev–Trinajstić information content (AvgIpc) is 2.58. The van der Waals surface area contributed by atoms with Crippen LogP contribution in [0.25, 0.3) is 0 Å². The smallest absolute Gasteiger partial charge is 0.130 e. The molecule has 1 aromatic carbocycles. The number of aromatic nitrogens is 2.